The average Bonchev–Trinajstić information content (AvgIpc) is 2.79. The van der Waals surface area contributed by atoms with Crippen LogP contribution in [0.5, 0.6) is 0 Å². The highest BCUT2D eigenvalue weighted by Gasteiger charge is 1.99. The summed E-state index contributed by atoms with van der Waals surface area (Å²) in [5.74, 6) is 0. The smallest absolute Gasteiger partial charge is 0.133 e. The number of hydrogen-bond acceptors (Lipinski definition) is 4. The number of hydrogen-bond donors (Lipinski definition) is 1. The molecule has 0 aliphatic heterocycles. The first-order chi connectivity index (χ1) is 7.86. The van der Waals surface area contributed by atoms with E-state index in [1.165, 1.54) is 0 Å². The van der Waals surface area contributed by atoms with E-state index < -0.39 is 0 Å². The van der Waals surface area contributed by atoms with Crippen LogP contribution in [0.15, 0.2) is 29.2 Å². The molecule has 84 valence electrons. The van der Waals surface area contributed by atoms with E-state index in [9.17, 15) is 0 Å². The molecular weight excluding hydrogens is 242 g/mol. The lowest BCUT2D eigenvalue weighted by atomic mass is 10.2. The molecule has 2 aromatic rings. The largest absolute Gasteiger partial charge is 0.312 e. The van der Waals surface area contributed by atoms with Crippen LogP contribution in [0, 0.1) is 0 Å². The topological polar surface area (TPSA) is 37.8 Å². The van der Waals surface area contributed by atoms with E-state index in [1.54, 1.807) is 17.5 Å². The highest BCUT2D eigenvalue weighted by molar-refractivity contribution is 7.07. The second-order valence-electron chi connectivity index (χ2n) is 3.36. The molecule has 0 unspecified atom stereocenters. The quantitative estimate of drug-likeness (QED) is 0.657. The molecule has 0 saturated heterocycles. The third-order valence-corrected chi connectivity index (χ3v) is 3.17. The molecule has 0 fully saturated rings. The van der Waals surface area contributed by atoms with Gasteiger partial charge in [0.1, 0.15) is 5.15 Å². The van der Waals surface area contributed by atoms with E-state index in [0.29, 0.717) is 5.15 Å². The van der Waals surface area contributed by atoms with Gasteiger partial charge in [0, 0.05) is 36.7 Å². The highest BCUT2D eigenvalue weighted by Crippen LogP contribution is 2.10. The molecule has 0 saturated carbocycles. The van der Waals surface area contributed by atoms with E-state index >= 15 is 0 Å². The maximum absolute atomic E-state index is 5.94. The van der Waals surface area contributed by atoms with Crippen LogP contribution in [-0.4, -0.2) is 16.5 Å². The van der Waals surface area contributed by atoms with Crippen LogP contribution in [0.3, 0.4) is 0 Å². The molecule has 0 radical (unpaired) electrons. The predicted octanol–water partition coefficient (Wildman–Crippen LogP) is 2.52. The van der Waals surface area contributed by atoms with Crippen molar-refractivity contribution in [1.82, 2.24) is 15.3 Å². The third kappa shape index (κ3) is 3.27. The molecule has 0 aromatic carbocycles. The van der Waals surface area contributed by atoms with Gasteiger partial charge in [-0.1, -0.05) is 17.7 Å². The molecule has 16 heavy (non-hydrogen) atoms. The molecule has 1 N–H and O–H groups in total. The van der Waals surface area contributed by atoms with Crippen molar-refractivity contribution in [3.05, 3.63) is 45.6 Å². The van der Waals surface area contributed by atoms with Crippen molar-refractivity contribution in [3.8, 4) is 0 Å². The molecule has 0 amide bonds. The first kappa shape index (κ1) is 11.5. The SMILES string of the molecule is Clc1ncccc1CNCCc1cscn1. The Morgan fingerprint density at radius 1 is 1.38 bits per heavy atom. The summed E-state index contributed by atoms with van der Waals surface area (Å²) in [6, 6.07) is 3.87. The van der Waals surface area contributed by atoms with E-state index in [-0.39, 0.29) is 0 Å². The summed E-state index contributed by atoms with van der Waals surface area (Å²) < 4.78 is 0. The molecule has 5 heteroatoms. The van der Waals surface area contributed by atoms with Crippen molar-refractivity contribution in [2.75, 3.05) is 6.54 Å². The average molecular weight is 254 g/mol. The molecule has 0 bridgehead atoms. The minimum atomic E-state index is 0.573. The van der Waals surface area contributed by atoms with Gasteiger partial charge in [-0.2, -0.15) is 0 Å². The third-order valence-electron chi connectivity index (χ3n) is 2.19. The van der Waals surface area contributed by atoms with Crippen molar-refractivity contribution in [1.29, 1.82) is 0 Å². The summed E-state index contributed by atoms with van der Waals surface area (Å²) in [5, 5.41) is 5.96. The number of aromatic nitrogens is 2. The van der Waals surface area contributed by atoms with Crippen molar-refractivity contribution < 1.29 is 0 Å². The lowest BCUT2D eigenvalue weighted by Crippen LogP contribution is -2.17. The van der Waals surface area contributed by atoms with Gasteiger partial charge in [0.25, 0.3) is 0 Å². The molecule has 0 aliphatic rings. The lowest BCUT2D eigenvalue weighted by Gasteiger charge is -2.04. The van der Waals surface area contributed by atoms with Crippen LogP contribution in [0.1, 0.15) is 11.3 Å². The van der Waals surface area contributed by atoms with E-state index in [4.69, 9.17) is 11.6 Å². The minimum Gasteiger partial charge on any atom is -0.312 e. The summed E-state index contributed by atoms with van der Waals surface area (Å²) >= 11 is 7.57. The Bertz CT molecular complexity index is 431. The summed E-state index contributed by atoms with van der Waals surface area (Å²) in [6.45, 7) is 1.64. The van der Waals surface area contributed by atoms with Crippen LogP contribution < -0.4 is 5.32 Å². The zero-order chi connectivity index (χ0) is 11.2. The molecule has 2 rings (SSSR count). The number of pyridine rings is 1. The fourth-order valence-corrected chi connectivity index (χ4v) is 2.13. The van der Waals surface area contributed by atoms with Gasteiger partial charge in [0.15, 0.2) is 0 Å². The first-order valence-corrected chi connectivity index (χ1v) is 6.35. The Morgan fingerprint density at radius 2 is 2.31 bits per heavy atom. The van der Waals surface area contributed by atoms with Crippen LogP contribution in [-0.2, 0) is 13.0 Å². The summed E-state index contributed by atoms with van der Waals surface area (Å²) in [6.07, 6.45) is 2.64. The monoisotopic (exact) mass is 253 g/mol. The van der Waals surface area contributed by atoms with Crippen LogP contribution in [0.2, 0.25) is 5.15 Å². The van der Waals surface area contributed by atoms with Crippen molar-refractivity contribution in [3.63, 3.8) is 0 Å². The fourth-order valence-electron chi connectivity index (χ4n) is 1.35. The number of halogens is 1. The fraction of sp³-hybridized carbons (Fsp3) is 0.273. The molecular formula is C11H12ClN3S. The van der Waals surface area contributed by atoms with E-state index in [1.807, 2.05) is 17.6 Å². The molecule has 2 heterocycles. The second-order valence-corrected chi connectivity index (χ2v) is 4.44. The lowest BCUT2D eigenvalue weighted by molar-refractivity contribution is 0.680. The van der Waals surface area contributed by atoms with E-state index in [0.717, 1.165) is 30.8 Å². The summed E-state index contributed by atoms with van der Waals surface area (Å²) in [7, 11) is 0. The maximum Gasteiger partial charge on any atom is 0.133 e. The maximum atomic E-state index is 5.94. The van der Waals surface area contributed by atoms with E-state index in [2.05, 4.69) is 20.7 Å². The van der Waals surface area contributed by atoms with Crippen molar-refractivity contribution in [2.24, 2.45) is 0 Å². The van der Waals surface area contributed by atoms with Crippen LogP contribution in [0.4, 0.5) is 0 Å². The van der Waals surface area contributed by atoms with Gasteiger partial charge in [0.05, 0.1) is 11.2 Å². The second kappa shape index (κ2) is 5.94. The minimum absolute atomic E-state index is 0.573. The normalized spacial score (nSPS) is 10.6. The van der Waals surface area contributed by atoms with Gasteiger partial charge in [-0.05, 0) is 6.07 Å². The summed E-state index contributed by atoms with van der Waals surface area (Å²) in [5.41, 5.74) is 4.02. The number of rotatable bonds is 5. The first-order valence-electron chi connectivity index (χ1n) is 5.03. The molecule has 0 spiro atoms. The van der Waals surface area contributed by atoms with Crippen LogP contribution in [0.25, 0.3) is 0 Å². The zero-order valence-corrected chi connectivity index (χ0v) is 10.3. The van der Waals surface area contributed by atoms with Gasteiger partial charge < -0.3 is 5.32 Å². The number of thiazole rings is 1. The van der Waals surface area contributed by atoms with Crippen molar-refractivity contribution in [2.45, 2.75) is 13.0 Å². The predicted molar refractivity (Wildman–Crippen MR) is 66.8 cm³/mol. The van der Waals surface area contributed by atoms with Gasteiger partial charge in [-0.3, -0.25) is 0 Å². The highest BCUT2D eigenvalue weighted by atomic mass is 35.5. The Hall–Kier alpha value is -0.970. The molecule has 2 aromatic heterocycles. The molecule has 3 nitrogen and oxygen atoms in total. The van der Waals surface area contributed by atoms with Gasteiger partial charge >= 0.3 is 0 Å². The standard InChI is InChI=1S/C11H12ClN3S/c12-11-9(2-1-4-14-11)6-13-5-3-10-7-16-8-15-10/h1-2,4,7-8,13H,3,5-6H2. The number of nitrogens with zero attached hydrogens (tertiary/aromatic N) is 2. The van der Waals surface area contributed by atoms with Gasteiger partial charge in [-0.25, -0.2) is 9.97 Å². The number of nitrogens with one attached hydrogen (secondary N) is 1. The zero-order valence-electron chi connectivity index (χ0n) is 8.69. The Balaban J connectivity index is 1.74. The molecule has 0 atom stereocenters. The molecule has 0 aliphatic carbocycles. The Kier molecular flexibility index (Phi) is 4.27. The Labute approximate surface area is 104 Å². The Morgan fingerprint density at radius 3 is 3.06 bits per heavy atom. The van der Waals surface area contributed by atoms with Crippen LogP contribution >= 0.6 is 22.9 Å². The van der Waals surface area contributed by atoms with Gasteiger partial charge in [0.2, 0.25) is 0 Å². The van der Waals surface area contributed by atoms with Gasteiger partial charge in [-0.15, -0.1) is 11.3 Å². The van der Waals surface area contributed by atoms with Crippen molar-refractivity contribution >= 4 is 22.9 Å². The summed E-state index contributed by atoms with van der Waals surface area (Å²) in [4.78, 5) is 8.24.